The Hall–Kier alpha value is -1.61. The molecule has 2 unspecified atom stereocenters. The summed E-state index contributed by atoms with van der Waals surface area (Å²) in [5.74, 6) is 0. The van der Waals surface area contributed by atoms with Gasteiger partial charge in [-0.05, 0) is 50.2 Å². The fourth-order valence-electron chi connectivity index (χ4n) is 3.29. The standard InChI is InChI=1S/C18H25N3/c1-14(12-16-7-3-2-4-10-20-16)21-18-8-5-6-15-9-11-19-13-17(15)18/h5-6,8-9,11,13-14,16,20-21H,2-4,7,10,12H2,1H3. The van der Waals surface area contributed by atoms with Crippen LogP contribution >= 0.6 is 0 Å². The molecule has 2 aromatic rings. The lowest BCUT2D eigenvalue weighted by Crippen LogP contribution is -2.33. The minimum absolute atomic E-state index is 0.464. The Morgan fingerprint density at radius 1 is 1.29 bits per heavy atom. The SMILES string of the molecule is CC(CC1CCCCCN1)Nc1cccc2ccncc12. The first kappa shape index (κ1) is 14.3. The molecule has 2 N–H and O–H groups in total. The molecule has 1 aromatic heterocycles. The van der Waals surface area contributed by atoms with E-state index in [-0.39, 0.29) is 0 Å². The molecule has 3 heteroatoms. The molecule has 0 saturated carbocycles. The Balaban J connectivity index is 1.67. The second kappa shape index (κ2) is 6.90. The number of nitrogens with zero attached hydrogens (tertiary/aromatic N) is 1. The molecule has 21 heavy (non-hydrogen) atoms. The molecule has 3 rings (SSSR count). The Bertz CT molecular complexity index is 568. The van der Waals surface area contributed by atoms with Gasteiger partial charge in [-0.3, -0.25) is 4.98 Å². The highest BCUT2D eigenvalue weighted by Crippen LogP contribution is 2.23. The van der Waals surface area contributed by atoms with E-state index in [2.05, 4.69) is 46.8 Å². The lowest BCUT2D eigenvalue weighted by atomic mass is 10.0. The lowest BCUT2D eigenvalue weighted by molar-refractivity contribution is 0.456. The topological polar surface area (TPSA) is 37.0 Å². The molecule has 1 aliphatic heterocycles. The van der Waals surface area contributed by atoms with Gasteiger partial charge >= 0.3 is 0 Å². The quantitative estimate of drug-likeness (QED) is 0.892. The summed E-state index contributed by atoms with van der Waals surface area (Å²) in [7, 11) is 0. The number of aromatic nitrogens is 1. The molecule has 1 saturated heterocycles. The molecule has 1 aliphatic rings. The van der Waals surface area contributed by atoms with Crippen LogP contribution in [-0.2, 0) is 0 Å². The van der Waals surface area contributed by atoms with Gasteiger partial charge in [0, 0.05) is 35.6 Å². The molecular weight excluding hydrogens is 258 g/mol. The van der Waals surface area contributed by atoms with E-state index in [1.54, 1.807) is 0 Å². The van der Waals surface area contributed by atoms with E-state index in [4.69, 9.17) is 0 Å². The number of hydrogen-bond acceptors (Lipinski definition) is 3. The van der Waals surface area contributed by atoms with Crippen LogP contribution in [0.1, 0.15) is 39.0 Å². The lowest BCUT2D eigenvalue weighted by Gasteiger charge is -2.22. The van der Waals surface area contributed by atoms with E-state index >= 15 is 0 Å². The molecule has 3 nitrogen and oxygen atoms in total. The van der Waals surface area contributed by atoms with Crippen molar-refractivity contribution in [2.45, 2.75) is 51.1 Å². The van der Waals surface area contributed by atoms with Gasteiger partial charge in [0.2, 0.25) is 0 Å². The van der Waals surface area contributed by atoms with Crippen LogP contribution in [0.4, 0.5) is 5.69 Å². The molecular formula is C18H25N3. The fraction of sp³-hybridized carbons (Fsp3) is 0.500. The average molecular weight is 283 g/mol. The summed E-state index contributed by atoms with van der Waals surface area (Å²) in [5, 5.41) is 9.81. The third-order valence-electron chi connectivity index (χ3n) is 4.39. The maximum atomic E-state index is 4.26. The van der Waals surface area contributed by atoms with Crippen molar-refractivity contribution in [1.29, 1.82) is 0 Å². The highest BCUT2D eigenvalue weighted by Gasteiger charge is 2.15. The van der Waals surface area contributed by atoms with Gasteiger partial charge in [-0.1, -0.05) is 25.0 Å². The van der Waals surface area contributed by atoms with Crippen molar-refractivity contribution in [2.24, 2.45) is 0 Å². The van der Waals surface area contributed by atoms with E-state index in [1.165, 1.54) is 55.1 Å². The summed E-state index contributed by atoms with van der Waals surface area (Å²) in [4.78, 5) is 4.26. The van der Waals surface area contributed by atoms with Gasteiger partial charge in [-0.2, -0.15) is 0 Å². The monoisotopic (exact) mass is 283 g/mol. The smallest absolute Gasteiger partial charge is 0.0437 e. The number of nitrogens with one attached hydrogen (secondary N) is 2. The largest absolute Gasteiger partial charge is 0.382 e. The van der Waals surface area contributed by atoms with Crippen molar-refractivity contribution >= 4 is 16.5 Å². The Kier molecular flexibility index (Phi) is 4.71. The number of rotatable bonds is 4. The van der Waals surface area contributed by atoms with Gasteiger partial charge in [0.05, 0.1) is 0 Å². The number of pyridine rings is 1. The van der Waals surface area contributed by atoms with Crippen LogP contribution in [0.5, 0.6) is 0 Å². The molecule has 0 amide bonds. The van der Waals surface area contributed by atoms with Crippen LogP contribution in [0, 0.1) is 0 Å². The number of fused-ring (bicyclic) bond motifs is 1. The highest BCUT2D eigenvalue weighted by molar-refractivity contribution is 5.93. The molecule has 1 fully saturated rings. The summed E-state index contributed by atoms with van der Waals surface area (Å²) >= 11 is 0. The van der Waals surface area contributed by atoms with Crippen LogP contribution in [0.2, 0.25) is 0 Å². The average Bonchev–Trinajstić information content (AvgIpc) is 2.76. The Morgan fingerprint density at radius 3 is 3.19 bits per heavy atom. The normalized spacial score (nSPS) is 20.9. The maximum Gasteiger partial charge on any atom is 0.0437 e. The first-order valence-electron chi connectivity index (χ1n) is 8.15. The third-order valence-corrected chi connectivity index (χ3v) is 4.39. The van der Waals surface area contributed by atoms with E-state index in [1.807, 2.05) is 12.4 Å². The van der Waals surface area contributed by atoms with Gasteiger partial charge in [-0.15, -0.1) is 0 Å². The second-order valence-electron chi connectivity index (χ2n) is 6.18. The summed E-state index contributed by atoms with van der Waals surface area (Å²) in [6.45, 7) is 3.46. The van der Waals surface area contributed by atoms with Crippen LogP contribution in [-0.4, -0.2) is 23.6 Å². The molecule has 0 bridgehead atoms. The van der Waals surface area contributed by atoms with E-state index in [9.17, 15) is 0 Å². The zero-order valence-corrected chi connectivity index (χ0v) is 12.8. The van der Waals surface area contributed by atoms with Crippen molar-refractivity contribution in [3.63, 3.8) is 0 Å². The molecule has 1 aromatic carbocycles. The van der Waals surface area contributed by atoms with Crippen molar-refractivity contribution in [2.75, 3.05) is 11.9 Å². The Morgan fingerprint density at radius 2 is 2.24 bits per heavy atom. The van der Waals surface area contributed by atoms with Crippen LogP contribution in [0.25, 0.3) is 10.8 Å². The maximum absolute atomic E-state index is 4.26. The number of hydrogen-bond donors (Lipinski definition) is 2. The molecule has 2 atom stereocenters. The van der Waals surface area contributed by atoms with E-state index in [0.717, 1.165) is 0 Å². The van der Waals surface area contributed by atoms with Gasteiger partial charge < -0.3 is 10.6 Å². The van der Waals surface area contributed by atoms with Gasteiger partial charge in [0.25, 0.3) is 0 Å². The highest BCUT2D eigenvalue weighted by atomic mass is 15.0. The molecule has 112 valence electrons. The minimum Gasteiger partial charge on any atom is -0.382 e. The van der Waals surface area contributed by atoms with Crippen molar-refractivity contribution in [1.82, 2.24) is 10.3 Å². The first-order chi connectivity index (χ1) is 10.3. The molecule has 0 radical (unpaired) electrons. The minimum atomic E-state index is 0.464. The van der Waals surface area contributed by atoms with Crippen LogP contribution < -0.4 is 10.6 Å². The van der Waals surface area contributed by atoms with Crippen molar-refractivity contribution < 1.29 is 0 Å². The second-order valence-corrected chi connectivity index (χ2v) is 6.18. The predicted octanol–water partition coefficient (Wildman–Crippen LogP) is 3.96. The van der Waals surface area contributed by atoms with E-state index < -0.39 is 0 Å². The van der Waals surface area contributed by atoms with Gasteiger partial charge in [0.1, 0.15) is 0 Å². The third kappa shape index (κ3) is 3.73. The Labute approximate surface area is 127 Å². The van der Waals surface area contributed by atoms with Crippen LogP contribution in [0.15, 0.2) is 36.7 Å². The summed E-state index contributed by atoms with van der Waals surface area (Å²) in [6, 6.07) is 9.59. The zero-order chi connectivity index (χ0) is 14.5. The number of anilines is 1. The van der Waals surface area contributed by atoms with Crippen LogP contribution in [0.3, 0.4) is 0 Å². The molecule has 0 spiro atoms. The molecule has 0 aliphatic carbocycles. The summed E-state index contributed by atoms with van der Waals surface area (Å²) < 4.78 is 0. The van der Waals surface area contributed by atoms with Crippen molar-refractivity contribution in [3.8, 4) is 0 Å². The zero-order valence-electron chi connectivity index (χ0n) is 12.8. The van der Waals surface area contributed by atoms with Gasteiger partial charge in [0.15, 0.2) is 0 Å². The summed E-state index contributed by atoms with van der Waals surface area (Å²) in [6.07, 6.45) is 10.4. The molecule has 2 heterocycles. The predicted molar refractivity (Wildman–Crippen MR) is 89.7 cm³/mol. The fourth-order valence-corrected chi connectivity index (χ4v) is 3.29. The number of benzene rings is 1. The van der Waals surface area contributed by atoms with Gasteiger partial charge in [-0.25, -0.2) is 0 Å². The van der Waals surface area contributed by atoms with Crippen molar-refractivity contribution in [3.05, 3.63) is 36.7 Å². The summed E-state index contributed by atoms with van der Waals surface area (Å²) in [5.41, 5.74) is 1.20. The first-order valence-corrected chi connectivity index (χ1v) is 8.15. The van der Waals surface area contributed by atoms with E-state index in [0.29, 0.717) is 12.1 Å².